The molecule has 160 valence electrons. The molecule has 30 heavy (non-hydrogen) atoms. The van der Waals surface area contributed by atoms with E-state index in [1.807, 2.05) is 0 Å². The quantitative estimate of drug-likeness (QED) is 0.677. The Hall–Kier alpha value is -2.42. The zero-order chi connectivity index (χ0) is 21.6. The predicted molar refractivity (Wildman–Crippen MR) is 114 cm³/mol. The minimum atomic E-state index is -3.69. The van der Waals surface area contributed by atoms with Gasteiger partial charge < -0.3 is 10.1 Å². The van der Waals surface area contributed by atoms with E-state index in [0.29, 0.717) is 23.8 Å². The molecule has 7 nitrogen and oxygen atoms in total. The summed E-state index contributed by atoms with van der Waals surface area (Å²) in [5, 5.41) is 2.92. The normalized spacial score (nSPS) is 15.2. The van der Waals surface area contributed by atoms with Crippen LogP contribution in [0.3, 0.4) is 0 Å². The molecule has 0 saturated carbocycles. The van der Waals surface area contributed by atoms with Crippen LogP contribution in [0, 0.1) is 0 Å². The van der Waals surface area contributed by atoms with Crippen molar-refractivity contribution in [2.24, 2.45) is 0 Å². The van der Waals surface area contributed by atoms with Crippen LogP contribution in [-0.4, -0.2) is 44.3 Å². The summed E-state index contributed by atoms with van der Waals surface area (Å²) in [6.45, 7) is 0.422. The Morgan fingerprint density at radius 2 is 1.70 bits per heavy atom. The SMILES string of the molecule is O=C(COC(=O)c1cccc(S(=O)(=O)N2CCCCCC2)c1)Nc1ccccc1Cl. The summed E-state index contributed by atoms with van der Waals surface area (Å²) in [4.78, 5) is 24.4. The molecule has 0 atom stereocenters. The molecule has 0 spiro atoms. The third-order valence-corrected chi connectivity index (χ3v) is 6.98. The second-order valence-electron chi connectivity index (χ2n) is 6.95. The third-order valence-electron chi connectivity index (χ3n) is 4.75. The van der Waals surface area contributed by atoms with Gasteiger partial charge in [-0.3, -0.25) is 4.79 Å². The number of nitrogens with zero attached hydrogens (tertiary/aromatic N) is 1. The molecule has 0 unspecified atom stereocenters. The van der Waals surface area contributed by atoms with Crippen LogP contribution in [0.1, 0.15) is 36.0 Å². The smallest absolute Gasteiger partial charge is 0.338 e. The lowest BCUT2D eigenvalue weighted by atomic mass is 10.2. The van der Waals surface area contributed by atoms with Gasteiger partial charge in [0.1, 0.15) is 0 Å². The molecule has 1 fully saturated rings. The molecule has 9 heteroatoms. The summed E-state index contributed by atoms with van der Waals surface area (Å²) in [5.74, 6) is -1.33. The summed E-state index contributed by atoms with van der Waals surface area (Å²) in [5.41, 5.74) is 0.474. The number of halogens is 1. The summed E-state index contributed by atoms with van der Waals surface area (Å²) >= 11 is 5.98. The fraction of sp³-hybridized carbons (Fsp3) is 0.333. The van der Waals surface area contributed by atoms with Crippen molar-refractivity contribution in [3.05, 3.63) is 59.1 Å². The van der Waals surface area contributed by atoms with Gasteiger partial charge in [0.25, 0.3) is 5.91 Å². The van der Waals surface area contributed by atoms with Gasteiger partial charge in [-0.05, 0) is 43.2 Å². The summed E-state index contributed by atoms with van der Waals surface area (Å²) in [6.07, 6.45) is 3.66. The Kier molecular flexibility index (Phi) is 7.47. The molecule has 1 aliphatic heterocycles. The monoisotopic (exact) mass is 450 g/mol. The number of rotatable bonds is 6. The molecule has 0 bridgehead atoms. The number of ether oxygens (including phenoxy) is 1. The maximum absolute atomic E-state index is 12.9. The standard InChI is InChI=1S/C21H23ClN2O5S/c22-18-10-3-4-11-19(18)23-20(25)15-29-21(26)16-8-7-9-17(14-16)30(27,28)24-12-5-1-2-6-13-24/h3-4,7-11,14H,1-2,5-6,12-13,15H2,(H,23,25). The number of amides is 1. The fourth-order valence-corrected chi connectivity index (χ4v) is 4.92. The van der Waals surface area contributed by atoms with Crippen LogP contribution >= 0.6 is 11.6 Å². The first-order chi connectivity index (χ1) is 14.4. The van der Waals surface area contributed by atoms with E-state index < -0.39 is 28.5 Å². The van der Waals surface area contributed by atoms with E-state index in [9.17, 15) is 18.0 Å². The fourth-order valence-electron chi connectivity index (χ4n) is 3.18. The molecule has 0 aliphatic carbocycles. The van der Waals surface area contributed by atoms with Gasteiger partial charge in [0.05, 0.1) is 21.2 Å². The van der Waals surface area contributed by atoms with Crippen LogP contribution in [0.5, 0.6) is 0 Å². The maximum atomic E-state index is 12.9. The molecular weight excluding hydrogens is 428 g/mol. The van der Waals surface area contributed by atoms with Crippen molar-refractivity contribution in [2.75, 3.05) is 25.0 Å². The van der Waals surface area contributed by atoms with Crippen molar-refractivity contribution < 1.29 is 22.7 Å². The van der Waals surface area contributed by atoms with Crippen LogP contribution in [0.2, 0.25) is 5.02 Å². The average molecular weight is 451 g/mol. The maximum Gasteiger partial charge on any atom is 0.338 e. The van der Waals surface area contributed by atoms with E-state index in [0.717, 1.165) is 25.7 Å². The number of esters is 1. The second kappa shape index (κ2) is 10.1. The van der Waals surface area contributed by atoms with Gasteiger partial charge >= 0.3 is 5.97 Å². The van der Waals surface area contributed by atoms with Crippen molar-refractivity contribution >= 4 is 39.2 Å². The first-order valence-corrected chi connectivity index (χ1v) is 11.5. The van der Waals surface area contributed by atoms with E-state index in [1.54, 1.807) is 24.3 Å². The number of hydrogen-bond donors (Lipinski definition) is 1. The molecule has 1 N–H and O–H groups in total. The van der Waals surface area contributed by atoms with E-state index in [-0.39, 0.29) is 10.5 Å². The van der Waals surface area contributed by atoms with E-state index in [2.05, 4.69) is 5.32 Å². The number of sulfonamides is 1. The molecule has 2 aromatic rings. The second-order valence-corrected chi connectivity index (χ2v) is 9.30. The highest BCUT2D eigenvalue weighted by molar-refractivity contribution is 7.89. The van der Waals surface area contributed by atoms with Gasteiger partial charge in [-0.25, -0.2) is 13.2 Å². The van der Waals surface area contributed by atoms with Crippen LogP contribution in [0.25, 0.3) is 0 Å². The topological polar surface area (TPSA) is 92.8 Å². The van der Waals surface area contributed by atoms with Gasteiger partial charge in [-0.15, -0.1) is 0 Å². The number of carbonyl (C=O) groups is 2. The van der Waals surface area contributed by atoms with Crippen molar-refractivity contribution in [1.82, 2.24) is 4.31 Å². The van der Waals surface area contributed by atoms with Gasteiger partial charge in [-0.2, -0.15) is 4.31 Å². The van der Waals surface area contributed by atoms with Crippen molar-refractivity contribution in [3.8, 4) is 0 Å². The van der Waals surface area contributed by atoms with Gasteiger partial charge in [0.15, 0.2) is 6.61 Å². The average Bonchev–Trinajstić information content (AvgIpc) is 3.04. The summed E-state index contributed by atoms with van der Waals surface area (Å²) in [6, 6.07) is 12.4. The number of benzene rings is 2. The molecular formula is C21H23ClN2O5S. The molecule has 0 aromatic heterocycles. The Morgan fingerprint density at radius 1 is 1.00 bits per heavy atom. The highest BCUT2D eigenvalue weighted by Crippen LogP contribution is 2.22. The summed E-state index contributed by atoms with van der Waals surface area (Å²) in [7, 11) is -3.69. The van der Waals surface area contributed by atoms with Gasteiger partial charge in [-0.1, -0.05) is 42.6 Å². The van der Waals surface area contributed by atoms with Gasteiger partial charge in [0.2, 0.25) is 10.0 Å². The number of nitrogens with one attached hydrogen (secondary N) is 1. The van der Waals surface area contributed by atoms with Crippen molar-refractivity contribution in [3.63, 3.8) is 0 Å². The van der Waals surface area contributed by atoms with Crippen molar-refractivity contribution in [2.45, 2.75) is 30.6 Å². The molecule has 1 saturated heterocycles. The lowest BCUT2D eigenvalue weighted by molar-refractivity contribution is -0.119. The highest BCUT2D eigenvalue weighted by Gasteiger charge is 2.26. The largest absolute Gasteiger partial charge is 0.452 e. The third kappa shape index (κ3) is 5.59. The van der Waals surface area contributed by atoms with Crippen molar-refractivity contribution in [1.29, 1.82) is 0 Å². The zero-order valence-corrected chi connectivity index (χ0v) is 17.9. The highest BCUT2D eigenvalue weighted by atomic mass is 35.5. The number of anilines is 1. The first-order valence-electron chi connectivity index (χ1n) is 9.69. The van der Waals surface area contributed by atoms with Crippen LogP contribution in [0.4, 0.5) is 5.69 Å². The summed E-state index contributed by atoms with van der Waals surface area (Å²) < 4.78 is 32.3. The zero-order valence-electron chi connectivity index (χ0n) is 16.3. The van der Waals surface area contributed by atoms with E-state index in [4.69, 9.17) is 16.3 Å². The molecule has 2 aromatic carbocycles. The molecule has 1 amide bonds. The Bertz CT molecular complexity index is 1020. The van der Waals surface area contributed by atoms with E-state index in [1.165, 1.54) is 28.6 Å². The molecule has 1 aliphatic rings. The Morgan fingerprint density at radius 3 is 2.40 bits per heavy atom. The molecule has 1 heterocycles. The molecule has 3 rings (SSSR count). The minimum absolute atomic E-state index is 0.0411. The lowest BCUT2D eigenvalue weighted by Gasteiger charge is -2.20. The van der Waals surface area contributed by atoms with Crippen LogP contribution < -0.4 is 5.32 Å². The number of carbonyl (C=O) groups excluding carboxylic acids is 2. The Labute approximate surface area is 181 Å². The first kappa shape index (κ1) is 22.3. The Balaban J connectivity index is 1.64. The van der Waals surface area contributed by atoms with Crippen LogP contribution in [-0.2, 0) is 19.6 Å². The number of para-hydroxylation sites is 1. The number of hydrogen-bond acceptors (Lipinski definition) is 5. The molecule has 0 radical (unpaired) electrons. The predicted octanol–water partition coefficient (Wildman–Crippen LogP) is 3.70. The lowest BCUT2D eigenvalue weighted by Crippen LogP contribution is -2.32. The van der Waals surface area contributed by atoms with Gasteiger partial charge in [0, 0.05) is 13.1 Å². The minimum Gasteiger partial charge on any atom is -0.452 e. The van der Waals surface area contributed by atoms with Crippen LogP contribution in [0.15, 0.2) is 53.4 Å². The van der Waals surface area contributed by atoms with E-state index >= 15 is 0 Å².